The Morgan fingerprint density at radius 3 is 2.51 bits per heavy atom. The summed E-state index contributed by atoms with van der Waals surface area (Å²) in [7, 11) is 0. The first-order chi connectivity index (χ1) is 16.6. The van der Waals surface area contributed by atoms with Crippen LogP contribution >= 0.6 is 11.6 Å². The summed E-state index contributed by atoms with van der Waals surface area (Å²) in [5, 5.41) is 16.8. The fourth-order valence-corrected chi connectivity index (χ4v) is 3.58. The molecule has 2 amide bonds. The van der Waals surface area contributed by atoms with Crippen LogP contribution in [0.15, 0.2) is 60.4 Å². The third kappa shape index (κ3) is 8.17. The molecule has 35 heavy (non-hydrogen) atoms. The van der Waals surface area contributed by atoms with Gasteiger partial charge < -0.3 is 25.9 Å². The SMILES string of the molecule is CC(C)(C)OC(=O)N[C@@H](Cc1ccccc1Cl)C(=O)Nc1ccc(N2C=C(CCCO)NN2)cc1. The van der Waals surface area contributed by atoms with Crippen LogP contribution in [-0.4, -0.2) is 35.4 Å². The molecule has 0 fully saturated rings. The molecule has 2 aromatic rings. The fraction of sp³-hybridized carbons (Fsp3) is 0.360. The van der Waals surface area contributed by atoms with Gasteiger partial charge in [0.25, 0.3) is 0 Å². The number of benzene rings is 2. The molecule has 0 unspecified atom stereocenters. The Morgan fingerprint density at radius 1 is 1.14 bits per heavy atom. The number of nitrogens with zero attached hydrogens (tertiary/aromatic N) is 1. The van der Waals surface area contributed by atoms with Crippen molar-refractivity contribution >= 4 is 35.0 Å². The van der Waals surface area contributed by atoms with Gasteiger partial charge in [-0.05, 0) is 69.5 Å². The molecule has 0 radical (unpaired) electrons. The number of allylic oxidation sites excluding steroid dienone is 1. The monoisotopic (exact) mass is 501 g/mol. The summed E-state index contributed by atoms with van der Waals surface area (Å²) in [4.78, 5) is 25.5. The minimum atomic E-state index is -0.897. The number of aliphatic hydroxyl groups is 1. The Balaban J connectivity index is 1.68. The molecule has 1 atom stereocenters. The molecular formula is C25H32ClN5O4. The van der Waals surface area contributed by atoms with Gasteiger partial charge >= 0.3 is 6.09 Å². The van der Waals surface area contributed by atoms with E-state index in [1.165, 1.54) is 0 Å². The first kappa shape index (κ1) is 26.3. The number of amides is 2. The first-order valence-electron chi connectivity index (χ1n) is 11.4. The lowest BCUT2D eigenvalue weighted by Gasteiger charge is -2.24. The lowest BCUT2D eigenvalue weighted by Crippen LogP contribution is -2.47. The molecule has 10 heteroatoms. The number of ether oxygens (including phenoxy) is 1. The van der Waals surface area contributed by atoms with Crippen LogP contribution < -0.4 is 26.6 Å². The van der Waals surface area contributed by atoms with Gasteiger partial charge in [-0.25, -0.2) is 4.79 Å². The zero-order valence-corrected chi connectivity index (χ0v) is 20.9. The number of alkyl carbamates (subject to hydrolysis) is 1. The molecule has 0 bridgehead atoms. The Labute approximate surface area is 210 Å². The number of carbonyl (C=O) groups is 2. The van der Waals surface area contributed by atoms with E-state index in [4.69, 9.17) is 21.4 Å². The zero-order valence-electron chi connectivity index (χ0n) is 20.1. The maximum absolute atomic E-state index is 13.1. The predicted octanol–water partition coefficient (Wildman–Crippen LogP) is 3.86. The van der Waals surface area contributed by atoms with E-state index in [0.717, 1.165) is 23.4 Å². The second kappa shape index (κ2) is 11.9. The van der Waals surface area contributed by atoms with Crippen molar-refractivity contribution in [1.82, 2.24) is 16.3 Å². The highest BCUT2D eigenvalue weighted by Crippen LogP contribution is 2.21. The second-order valence-electron chi connectivity index (χ2n) is 9.12. The Morgan fingerprint density at radius 2 is 1.86 bits per heavy atom. The van der Waals surface area contributed by atoms with Gasteiger partial charge in [-0.15, -0.1) is 5.53 Å². The molecular weight excluding hydrogens is 470 g/mol. The topological polar surface area (TPSA) is 115 Å². The maximum Gasteiger partial charge on any atom is 0.408 e. The Kier molecular flexibility index (Phi) is 8.97. The molecule has 0 saturated carbocycles. The van der Waals surface area contributed by atoms with E-state index in [-0.39, 0.29) is 13.0 Å². The van der Waals surface area contributed by atoms with Crippen LogP contribution in [0.25, 0.3) is 0 Å². The van der Waals surface area contributed by atoms with Gasteiger partial charge in [0.05, 0.1) is 5.69 Å². The van der Waals surface area contributed by atoms with E-state index in [2.05, 4.69) is 21.6 Å². The number of rotatable bonds is 9. The van der Waals surface area contributed by atoms with E-state index >= 15 is 0 Å². The average Bonchev–Trinajstić information content (AvgIpc) is 3.27. The van der Waals surface area contributed by atoms with E-state index in [9.17, 15) is 9.59 Å². The largest absolute Gasteiger partial charge is 0.444 e. The highest BCUT2D eigenvalue weighted by molar-refractivity contribution is 6.31. The van der Waals surface area contributed by atoms with Crippen molar-refractivity contribution in [3.05, 3.63) is 71.0 Å². The number of hydrazine groups is 2. The normalized spacial score (nSPS) is 14.1. The van der Waals surface area contributed by atoms with Crippen LogP contribution in [0.2, 0.25) is 5.02 Å². The molecule has 0 spiro atoms. The van der Waals surface area contributed by atoms with Crippen molar-refractivity contribution in [2.75, 3.05) is 16.9 Å². The molecule has 0 saturated heterocycles. The lowest BCUT2D eigenvalue weighted by atomic mass is 10.0. The molecule has 0 aliphatic carbocycles. The van der Waals surface area contributed by atoms with Gasteiger partial charge in [-0.2, -0.15) is 0 Å². The third-order valence-electron chi connectivity index (χ3n) is 5.03. The summed E-state index contributed by atoms with van der Waals surface area (Å²) in [6.45, 7) is 5.40. The lowest BCUT2D eigenvalue weighted by molar-refractivity contribution is -0.118. The molecule has 0 aromatic heterocycles. The van der Waals surface area contributed by atoms with Gasteiger partial charge in [0.1, 0.15) is 11.6 Å². The number of carbonyl (C=O) groups excluding carboxylic acids is 2. The number of halogens is 1. The molecule has 3 rings (SSSR count). The maximum atomic E-state index is 13.1. The van der Waals surface area contributed by atoms with Crippen molar-refractivity contribution < 1.29 is 19.4 Å². The smallest absolute Gasteiger partial charge is 0.408 e. The molecule has 2 aromatic carbocycles. The summed E-state index contributed by atoms with van der Waals surface area (Å²) >= 11 is 6.29. The van der Waals surface area contributed by atoms with Crippen LogP contribution in [0, 0.1) is 0 Å². The van der Waals surface area contributed by atoms with Crippen molar-refractivity contribution in [3.8, 4) is 0 Å². The second-order valence-corrected chi connectivity index (χ2v) is 9.53. The average molecular weight is 502 g/mol. The summed E-state index contributed by atoms with van der Waals surface area (Å²) in [6, 6.07) is 13.5. The minimum absolute atomic E-state index is 0.133. The molecule has 1 aliphatic heterocycles. The third-order valence-corrected chi connectivity index (χ3v) is 5.40. The quantitative estimate of drug-likeness (QED) is 0.354. The van der Waals surface area contributed by atoms with E-state index in [1.54, 1.807) is 45.0 Å². The van der Waals surface area contributed by atoms with Crippen LogP contribution in [0.3, 0.4) is 0 Å². The minimum Gasteiger partial charge on any atom is -0.444 e. The molecule has 5 N–H and O–H groups in total. The summed E-state index contributed by atoms with van der Waals surface area (Å²) in [6.07, 6.45) is 2.83. The number of nitrogens with one attached hydrogen (secondary N) is 4. The summed E-state index contributed by atoms with van der Waals surface area (Å²) < 4.78 is 5.34. The van der Waals surface area contributed by atoms with Crippen LogP contribution in [0.1, 0.15) is 39.2 Å². The van der Waals surface area contributed by atoms with Crippen molar-refractivity contribution in [2.24, 2.45) is 0 Å². The highest BCUT2D eigenvalue weighted by atomic mass is 35.5. The molecule has 1 heterocycles. The molecule has 9 nitrogen and oxygen atoms in total. The first-order valence-corrected chi connectivity index (χ1v) is 11.8. The van der Waals surface area contributed by atoms with Crippen LogP contribution in [0.4, 0.5) is 16.2 Å². The van der Waals surface area contributed by atoms with Crippen molar-refractivity contribution in [2.45, 2.75) is 51.7 Å². The van der Waals surface area contributed by atoms with E-state index in [1.807, 2.05) is 35.5 Å². The Bertz CT molecular complexity index is 1050. The summed E-state index contributed by atoms with van der Waals surface area (Å²) in [5.41, 5.74) is 8.52. The van der Waals surface area contributed by atoms with Crippen molar-refractivity contribution in [1.29, 1.82) is 0 Å². The Hall–Kier alpha value is -3.27. The standard InChI is InChI=1S/C25H32ClN5O4/c1-25(2,3)35-24(34)28-22(15-17-7-4-5-9-21(17)26)23(33)27-18-10-12-20(13-11-18)31-16-19(29-30-31)8-6-14-32/h4-5,7,9-13,16,22,29-30,32H,6,8,14-15H2,1-3H3,(H,27,33)(H,28,34)/t22-/m0/s1. The van der Waals surface area contributed by atoms with E-state index < -0.39 is 23.6 Å². The zero-order chi connectivity index (χ0) is 25.4. The molecule has 188 valence electrons. The number of hydrogen-bond acceptors (Lipinski definition) is 7. The fourth-order valence-electron chi connectivity index (χ4n) is 3.37. The van der Waals surface area contributed by atoms with Gasteiger partial charge in [0.2, 0.25) is 5.91 Å². The highest BCUT2D eigenvalue weighted by Gasteiger charge is 2.25. The summed E-state index contributed by atoms with van der Waals surface area (Å²) in [5.74, 6) is -0.393. The predicted molar refractivity (Wildman–Crippen MR) is 137 cm³/mol. The van der Waals surface area contributed by atoms with Crippen LogP contribution in [0.5, 0.6) is 0 Å². The van der Waals surface area contributed by atoms with Crippen molar-refractivity contribution in [3.63, 3.8) is 0 Å². The number of aliphatic hydroxyl groups excluding tert-OH is 1. The van der Waals surface area contributed by atoms with Gasteiger partial charge in [0.15, 0.2) is 0 Å². The van der Waals surface area contributed by atoms with Gasteiger partial charge in [-0.1, -0.05) is 29.8 Å². The molecule has 1 aliphatic rings. The van der Waals surface area contributed by atoms with Gasteiger partial charge in [-0.3, -0.25) is 9.80 Å². The van der Waals surface area contributed by atoms with Gasteiger partial charge in [0, 0.05) is 35.6 Å². The van der Waals surface area contributed by atoms with E-state index in [0.29, 0.717) is 17.1 Å². The van der Waals surface area contributed by atoms with Crippen LogP contribution in [-0.2, 0) is 16.0 Å². The number of hydrogen-bond donors (Lipinski definition) is 5. The number of anilines is 2.